The van der Waals surface area contributed by atoms with Gasteiger partial charge < -0.3 is 10.0 Å². The number of phenols is 1. The summed E-state index contributed by atoms with van der Waals surface area (Å²) in [5, 5.41) is 11.8. The van der Waals surface area contributed by atoms with Gasteiger partial charge in [0.25, 0.3) is 0 Å². The van der Waals surface area contributed by atoms with Crippen LogP contribution < -0.4 is 0 Å². The lowest BCUT2D eigenvalue weighted by molar-refractivity contribution is -0.128. The number of phenolic OH excluding ortho intramolecular Hbond substituents is 1. The predicted molar refractivity (Wildman–Crippen MR) is 84.3 cm³/mol. The Balaban J connectivity index is 2.00. The van der Waals surface area contributed by atoms with E-state index in [1.54, 1.807) is 36.8 Å². The van der Waals surface area contributed by atoms with Crippen molar-refractivity contribution in [3.63, 3.8) is 0 Å². The molecule has 0 radical (unpaired) electrons. The molecule has 0 aliphatic heterocycles. The Labute approximate surface area is 123 Å². The van der Waals surface area contributed by atoms with Gasteiger partial charge in [-0.15, -0.1) is 11.8 Å². The highest BCUT2D eigenvalue weighted by Crippen LogP contribution is 2.33. The largest absolute Gasteiger partial charge is 0.507 e. The first-order valence-electron chi connectivity index (χ1n) is 6.63. The van der Waals surface area contributed by atoms with Crippen molar-refractivity contribution in [1.29, 1.82) is 0 Å². The van der Waals surface area contributed by atoms with Crippen LogP contribution >= 0.6 is 11.8 Å². The minimum absolute atomic E-state index is 0.168. The van der Waals surface area contributed by atoms with Crippen molar-refractivity contribution in [2.45, 2.75) is 17.7 Å². The maximum absolute atomic E-state index is 11.5. The first-order valence-corrected chi connectivity index (χ1v) is 7.62. The summed E-state index contributed by atoms with van der Waals surface area (Å²) in [5.41, 5.74) is 0. The lowest BCUT2D eigenvalue weighted by Crippen LogP contribution is -2.21. The lowest BCUT2D eigenvalue weighted by Gasteiger charge is -2.10. The number of aromatic hydroxyl groups is 1. The summed E-state index contributed by atoms with van der Waals surface area (Å²) in [6.07, 6.45) is 1.44. The van der Waals surface area contributed by atoms with Gasteiger partial charge in [0.05, 0.1) is 0 Å². The Bertz CT molecular complexity index is 610. The first kappa shape index (κ1) is 14.7. The fraction of sp³-hybridized carbons (Fsp3) is 0.312. The third-order valence-electron chi connectivity index (χ3n) is 3.15. The molecule has 20 heavy (non-hydrogen) atoms. The molecule has 106 valence electrons. The first-order chi connectivity index (χ1) is 9.59. The number of nitrogens with zero attached hydrogens (tertiary/aromatic N) is 1. The van der Waals surface area contributed by atoms with Crippen LogP contribution in [0.4, 0.5) is 0 Å². The number of hydrogen-bond donors (Lipinski definition) is 1. The zero-order valence-corrected chi connectivity index (χ0v) is 12.6. The van der Waals surface area contributed by atoms with Crippen molar-refractivity contribution in [3.8, 4) is 5.75 Å². The molecule has 1 amide bonds. The van der Waals surface area contributed by atoms with E-state index in [1.165, 1.54) is 0 Å². The molecule has 0 unspecified atom stereocenters. The Morgan fingerprint density at radius 1 is 1.15 bits per heavy atom. The molecule has 0 atom stereocenters. The predicted octanol–water partition coefficient (Wildman–Crippen LogP) is 3.51. The molecule has 2 aromatic carbocycles. The van der Waals surface area contributed by atoms with E-state index in [9.17, 15) is 9.90 Å². The van der Waals surface area contributed by atoms with E-state index in [-0.39, 0.29) is 5.91 Å². The summed E-state index contributed by atoms with van der Waals surface area (Å²) in [6.45, 7) is 0. The highest BCUT2D eigenvalue weighted by atomic mass is 32.2. The summed E-state index contributed by atoms with van der Waals surface area (Å²) in [7, 11) is 3.56. The number of carbonyl (C=O) groups excluding carboxylic acids is 1. The molecule has 0 heterocycles. The van der Waals surface area contributed by atoms with Crippen LogP contribution in [0.5, 0.6) is 5.75 Å². The van der Waals surface area contributed by atoms with Gasteiger partial charge in [-0.2, -0.15) is 0 Å². The lowest BCUT2D eigenvalue weighted by atomic mass is 10.1. The minimum atomic E-state index is 0.168. The van der Waals surface area contributed by atoms with E-state index in [0.29, 0.717) is 12.2 Å². The molecule has 3 nitrogen and oxygen atoms in total. The molecule has 0 aliphatic carbocycles. The number of fused-ring (bicyclic) bond motifs is 1. The summed E-state index contributed by atoms with van der Waals surface area (Å²) in [5.74, 6) is 1.38. The van der Waals surface area contributed by atoms with Crippen LogP contribution in [0.15, 0.2) is 41.3 Å². The van der Waals surface area contributed by atoms with Crippen LogP contribution in [-0.4, -0.2) is 35.8 Å². The topological polar surface area (TPSA) is 40.5 Å². The smallest absolute Gasteiger partial charge is 0.222 e. The summed E-state index contributed by atoms with van der Waals surface area (Å²) in [6, 6.07) is 11.5. The van der Waals surface area contributed by atoms with E-state index in [0.717, 1.165) is 27.8 Å². The zero-order chi connectivity index (χ0) is 14.5. The standard InChI is InChI=1S/C16H19NO2S/c1-17(2)16(19)8-5-11-20-15-10-9-14(18)12-6-3-4-7-13(12)15/h3-4,6-7,9-10,18H,5,8,11H2,1-2H3. The molecule has 0 spiro atoms. The monoisotopic (exact) mass is 289 g/mol. The van der Waals surface area contributed by atoms with Gasteiger partial charge in [0.15, 0.2) is 0 Å². The second-order valence-electron chi connectivity index (χ2n) is 4.87. The highest BCUT2D eigenvalue weighted by Gasteiger charge is 2.07. The van der Waals surface area contributed by atoms with Gasteiger partial charge >= 0.3 is 0 Å². The highest BCUT2D eigenvalue weighted by molar-refractivity contribution is 7.99. The Kier molecular flexibility index (Phi) is 4.90. The molecule has 4 heteroatoms. The molecule has 0 saturated heterocycles. The number of thioether (sulfide) groups is 1. The average Bonchev–Trinajstić information content (AvgIpc) is 2.45. The van der Waals surface area contributed by atoms with Crippen molar-refractivity contribution < 1.29 is 9.90 Å². The third-order valence-corrected chi connectivity index (χ3v) is 4.31. The molecular formula is C16H19NO2S. The van der Waals surface area contributed by atoms with Crippen LogP contribution in [0.25, 0.3) is 10.8 Å². The minimum Gasteiger partial charge on any atom is -0.507 e. The maximum atomic E-state index is 11.5. The summed E-state index contributed by atoms with van der Waals surface area (Å²) < 4.78 is 0. The summed E-state index contributed by atoms with van der Waals surface area (Å²) >= 11 is 1.73. The molecule has 0 saturated carbocycles. The second-order valence-corrected chi connectivity index (χ2v) is 6.01. The molecule has 0 fully saturated rings. The number of benzene rings is 2. The van der Waals surface area contributed by atoms with Crippen molar-refractivity contribution in [3.05, 3.63) is 36.4 Å². The van der Waals surface area contributed by atoms with Gasteiger partial charge in [-0.05, 0) is 29.7 Å². The average molecular weight is 289 g/mol. The van der Waals surface area contributed by atoms with Crippen LogP contribution in [0.1, 0.15) is 12.8 Å². The molecular weight excluding hydrogens is 270 g/mol. The van der Waals surface area contributed by atoms with Gasteiger partial charge in [0, 0.05) is 30.8 Å². The zero-order valence-electron chi connectivity index (χ0n) is 11.8. The normalized spacial score (nSPS) is 10.7. The van der Waals surface area contributed by atoms with Gasteiger partial charge in [-0.1, -0.05) is 24.3 Å². The van der Waals surface area contributed by atoms with E-state index in [2.05, 4.69) is 0 Å². The molecule has 2 aromatic rings. The molecule has 0 aliphatic rings. The van der Waals surface area contributed by atoms with Crippen LogP contribution in [0.3, 0.4) is 0 Å². The quantitative estimate of drug-likeness (QED) is 0.676. The molecule has 0 bridgehead atoms. The van der Waals surface area contributed by atoms with E-state index in [1.807, 2.05) is 30.3 Å². The van der Waals surface area contributed by atoms with Crippen LogP contribution in [-0.2, 0) is 4.79 Å². The van der Waals surface area contributed by atoms with Crippen molar-refractivity contribution in [2.75, 3.05) is 19.8 Å². The maximum Gasteiger partial charge on any atom is 0.222 e. The molecule has 1 N–H and O–H groups in total. The Morgan fingerprint density at radius 3 is 2.55 bits per heavy atom. The number of carbonyl (C=O) groups is 1. The number of amides is 1. The van der Waals surface area contributed by atoms with E-state index < -0.39 is 0 Å². The SMILES string of the molecule is CN(C)C(=O)CCCSc1ccc(O)c2ccccc12. The van der Waals surface area contributed by atoms with Crippen molar-refractivity contribution in [1.82, 2.24) is 4.90 Å². The molecule has 0 aromatic heterocycles. The van der Waals surface area contributed by atoms with Crippen LogP contribution in [0, 0.1) is 0 Å². The second kappa shape index (κ2) is 6.66. The fourth-order valence-corrected chi connectivity index (χ4v) is 3.02. The van der Waals surface area contributed by atoms with Gasteiger partial charge in [-0.3, -0.25) is 4.79 Å². The van der Waals surface area contributed by atoms with Gasteiger partial charge in [0.2, 0.25) is 5.91 Å². The third kappa shape index (κ3) is 3.45. The van der Waals surface area contributed by atoms with Crippen molar-refractivity contribution in [2.24, 2.45) is 0 Å². The number of hydrogen-bond acceptors (Lipinski definition) is 3. The fourth-order valence-electron chi connectivity index (χ4n) is 2.01. The summed E-state index contributed by atoms with van der Waals surface area (Å²) in [4.78, 5) is 14.3. The van der Waals surface area contributed by atoms with E-state index in [4.69, 9.17) is 0 Å². The van der Waals surface area contributed by atoms with Crippen LogP contribution in [0.2, 0.25) is 0 Å². The van der Waals surface area contributed by atoms with Gasteiger partial charge in [-0.25, -0.2) is 0 Å². The molecule has 2 rings (SSSR count). The number of rotatable bonds is 5. The van der Waals surface area contributed by atoms with E-state index >= 15 is 0 Å². The van der Waals surface area contributed by atoms with Crippen molar-refractivity contribution >= 4 is 28.4 Å². The Hall–Kier alpha value is -1.68. The Morgan fingerprint density at radius 2 is 1.85 bits per heavy atom. The van der Waals surface area contributed by atoms with Gasteiger partial charge in [0.1, 0.15) is 5.75 Å².